The molecule has 0 aliphatic heterocycles. The predicted octanol–water partition coefficient (Wildman–Crippen LogP) is 1.78. The van der Waals surface area contributed by atoms with Crippen LogP contribution < -0.4 is 10.1 Å². The zero-order valence-corrected chi connectivity index (χ0v) is 15.1. The summed E-state index contributed by atoms with van der Waals surface area (Å²) in [5, 5.41) is 2.88. The smallest absolute Gasteiger partial charge is 0.243 e. The van der Waals surface area contributed by atoms with Crippen LogP contribution in [-0.2, 0) is 24.9 Å². The molecule has 2 rings (SSSR count). The van der Waals surface area contributed by atoms with Crippen LogP contribution in [0.5, 0.6) is 5.75 Å². The number of nitrogens with zero attached hydrogens (tertiary/aromatic N) is 3. The third-order valence-electron chi connectivity index (χ3n) is 3.66. The number of aromatic nitrogens is 2. The highest BCUT2D eigenvalue weighted by Gasteiger charge is 2.01. The van der Waals surface area contributed by atoms with E-state index in [9.17, 15) is 4.79 Å². The molecule has 1 amide bonds. The van der Waals surface area contributed by atoms with E-state index in [4.69, 9.17) is 4.74 Å². The molecule has 25 heavy (non-hydrogen) atoms. The van der Waals surface area contributed by atoms with Crippen molar-refractivity contribution in [3.05, 3.63) is 60.2 Å². The lowest BCUT2D eigenvalue weighted by molar-refractivity contribution is -0.116. The van der Waals surface area contributed by atoms with Gasteiger partial charge < -0.3 is 19.5 Å². The first-order valence-electron chi connectivity index (χ1n) is 8.31. The summed E-state index contributed by atoms with van der Waals surface area (Å²) in [6.07, 6.45) is 7.86. The van der Waals surface area contributed by atoms with Crippen LogP contribution >= 0.6 is 0 Å². The lowest BCUT2D eigenvalue weighted by Gasteiger charge is -2.08. The third kappa shape index (κ3) is 6.81. The highest BCUT2D eigenvalue weighted by molar-refractivity contribution is 5.87. The van der Waals surface area contributed by atoms with Gasteiger partial charge in [-0.25, -0.2) is 4.98 Å². The molecule has 0 saturated heterocycles. The van der Waals surface area contributed by atoms with Gasteiger partial charge in [-0.05, 0) is 38.2 Å². The van der Waals surface area contributed by atoms with Crippen molar-refractivity contribution in [1.29, 1.82) is 0 Å². The summed E-state index contributed by atoms with van der Waals surface area (Å²) >= 11 is 0. The van der Waals surface area contributed by atoms with Crippen molar-refractivity contribution in [2.45, 2.75) is 13.0 Å². The Bertz CT molecular complexity index is 690. The minimum Gasteiger partial charge on any atom is -0.486 e. The van der Waals surface area contributed by atoms with Crippen LogP contribution in [-0.4, -0.2) is 47.5 Å². The molecule has 0 fully saturated rings. The van der Waals surface area contributed by atoms with Gasteiger partial charge in [0.15, 0.2) is 0 Å². The van der Waals surface area contributed by atoms with Gasteiger partial charge in [-0.15, -0.1) is 0 Å². The van der Waals surface area contributed by atoms with E-state index >= 15 is 0 Å². The molecule has 6 heteroatoms. The molecule has 6 nitrogen and oxygen atoms in total. The van der Waals surface area contributed by atoms with Crippen LogP contribution in [0.1, 0.15) is 11.4 Å². The Hall–Kier alpha value is -2.60. The zero-order chi connectivity index (χ0) is 18.1. The van der Waals surface area contributed by atoms with Crippen molar-refractivity contribution in [2.24, 2.45) is 7.05 Å². The normalized spacial score (nSPS) is 11.2. The molecule has 0 unspecified atom stereocenters. The van der Waals surface area contributed by atoms with Crippen molar-refractivity contribution in [3.8, 4) is 5.75 Å². The summed E-state index contributed by atoms with van der Waals surface area (Å²) in [6, 6.07) is 7.91. The maximum atomic E-state index is 11.6. The average molecular weight is 342 g/mol. The number of carbonyl (C=O) groups is 1. The van der Waals surface area contributed by atoms with Gasteiger partial charge in [0.05, 0.1) is 0 Å². The first kappa shape index (κ1) is 18.7. The number of benzene rings is 1. The maximum Gasteiger partial charge on any atom is 0.243 e. The number of hydrogen-bond donors (Lipinski definition) is 1. The fraction of sp³-hybridized carbons (Fsp3) is 0.368. The number of nitrogens with one attached hydrogen (secondary N) is 1. The van der Waals surface area contributed by atoms with Crippen molar-refractivity contribution >= 4 is 5.91 Å². The van der Waals surface area contributed by atoms with E-state index in [-0.39, 0.29) is 5.91 Å². The van der Waals surface area contributed by atoms with E-state index in [0.29, 0.717) is 13.2 Å². The molecule has 0 atom stereocenters. The molecule has 0 aliphatic carbocycles. The summed E-state index contributed by atoms with van der Waals surface area (Å²) in [6.45, 7) is 1.81. The molecule has 2 aromatic rings. The molecule has 134 valence electrons. The highest BCUT2D eigenvalue weighted by atomic mass is 16.5. The number of carbonyl (C=O) groups excluding carboxylic acids is 1. The van der Waals surface area contributed by atoms with Crippen molar-refractivity contribution in [1.82, 2.24) is 19.8 Å². The summed E-state index contributed by atoms with van der Waals surface area (Å²) in [5.41, 5.74) is 1.15. The monoisotopic (exact) mass is 342 g/mol. The number of ether oxygens (including phenoxy) is 1. The number of imidazole rings is 1. The van der Waals surface area contributed by atoms with Gasteiger partial charge in [-0.2, -0.15) is 0 Å². The Morgan fingerprint density at radius 3 is 2.72 bits per heavy atom. The van der Waals surface area contributed by atoms with E-state index < -0.39 is 0 Å². The minimum atomic E-state index is -0.0585. The fourth-order valence-corrected chi connectivity index (χ4v) is 2.20. The van der Waals surface area contributed by atoms with Crippen LogP contribution in [0.2, 0.25) is 0 Å². The number of hydrogen-bond acceptors (Lipinski definition) is 4. The Labute approximate surface area is 149 Å². The van der Waals surface area contributed by atoms with Crippen LogP contribution in [0.4, 0.5) is 0 Å². The van der Waals surface area contributed by atoms with Crippen LogP contribution in [0.3, 0.4) is 0 Å². The Kier molecular flexibility index (Phi) is 7.22. The second-order valence-corrected chi connectivity index (χ2v) is 6.09. The Balaban J connectivity index is 1.70. The number of likely N-dealkylation sites (N-methyl/N-ethyl adjacent to an activating group) is 1. The number of aryl methyl sites for hydroxylation is 1. The summed E-state index contributed by atoms with van der Waals surface area (Å²) in [4.78, 5) is 17.9. The standard InChI is InChI=1S/C19H26N4O2/c1-22(2)13-4-5-19(24)21-11-10-16-6-8-17(9-7-16)25-15-18-20-12-14-23(18)3/h4-9,12,14H,10-11,13,15H2,1-3H3,(H,21,24)/b5-4+. The van der Waals surface area contributed by atoms with E-state index in [0.717, 1.165) is 30.1 Å². The fourth-order valence-electron chi connectivity index (χ4n) is 2.20. The summed E-state index contributed by atoms with van der Waals surface area (Å²) < 4.78 is 7.66. The number of amides is 1. The third-order valence-corrected chi connectivity index (χ3v) is 3.66. The lowest BCUT2D eigenvalue weighted by atomic mass is 10.1. The van der Waals surface area contributed by atoms with Gasteiger partial charge in [0.25, 0.3) is 0 Å². The second kappa shape index (κ2) is 9.64. The van der Waals surface area contributed by atoms with Gasteiger partial charge in [-0.1, -0.05) is 18.2 Å². The Morgan fingerprint density at radius 2 is 2.08 bits per heavy atom. The van der Waals surface area contributed by atoms with Gasteiger partial charge in [0.2, 0.25) is 5.91 Å². The van der Waals surface area contributed by atoms with Gasteiger partial charge in [0, 0.05) is 38.6 Å². The van der Waals surface area contributed by atoms with E-state index in [1.165, 1.54) is 0 Å². The Morgan fingerprint density at radius 1 is 1.32 bits per heavy atom. The van der Waals surface area contributed by atoms with Crippen LogP contribution in [0.15, 0.2) is 48.8 Å². The van der Waals surface area contributed by atoms with E-state index in [2.05, 4.69) is 10.3 Å². The van der Waals surface area contributed by atoms with Crippen molar-refractivity contribution < 1.29 is 9.53 Å². The van der Waals surface area contributed by atoms with E-state index in [1.54, 1.807) is 12.3 Å². The molecule has 0 radical (unpaired) electrons. The van der Waals surface area contributed by atoms with Gasteiger partial charge in [-0.3, -0.25) is 4.79 Å². The molecular formula is C19H26N4O2. The zero-order valence-electron chi connectivity index (χ0n) is 15.1. The molecular weight excluding hydrogens is 316 g/mol. The summed E-state index contributed by atoms with van der Waals surface area (Å²) in [5.74, 6) is 1.63. The first-order valence-corrected chi connectivity index (χ1v) is 8.31. The molecule has 1 aromatic carbocycles. The molecule has 0 aliphatic rings. The molecule has 0 bridgehead atoms. The van der Waals surface area contributed by atoms with Crippen molar-refractivity contribution in [2.75, 3.05) is 27.2 Å². The molecule has 1 heterocycles. The molecule has 1 N–H and O–H groups in total. The van der Waals surface area contributed by atoms with E-state index in [1.807, 2.05) is 67.1 Å². The lowest BCUT2D eigenvalue weighted by Crippen LogP contribution is -2.24. The predicted molar refractivity (Wildman–Crippen MR) is 98.4 cm³/mol. The highest BCUT2D eigenvalue weighted by Crippen LogP contribution is 2.14. The minimum absolute atomic E-state index is 0.0585. The SMILES string of the molecule is CN(C)C/C=C/C(=O)NCCc1ccc(OCc2nccn2C)cc1. The van der Waals surface area contributed by atoms with Crippen molar-refractivity contribution in [3.63, 3.8) is 0 Å². The molecule has 0 spiro atoms. The van der Waals surface area contributed by atoms with Gasteiger partial charge >= 0.3 is 0 Å². The average Bonchev–Trinajstić information content (AvgIpc) is 2.99. The second-order valence-electron chi connectivity index (χ2n) is 6.09. The number of rotatable bonds is 9. The topological polar surface area (TPSA) is 59.4 Å². The quantitative estimate of drug-likeness (QED) is 0.706. The summed E-state index contributed by atoms with van der Waals surface area (Å²) in [7, 11) is 5.87. The molecule has 1 aromatic heterocycles. The maximum absolute atomic E-state index is 11.6. The van der Waals surface area contributed by atoms with Crippen LogP contribution in [0.25, 0.3) is 0 Å². The van der Waals surface area contributed by atoms with Crippen LogP contribution in [0, 0.1) is 0 Å². The largest absolute Gasteiger partial charge is 0.486 e. The first-order chi connectivity index (χ1) is 12.0. The van der Waals surface area contributed by atoms with Gasteiger partial charge in [0.1, 0.15) is 18.2 Å². The molecule has 0 saturated carbocycles.